The first-order chi connectivity index (χ1) is 8.75. The standard InChI is InChI=1S/C15H18NO2/c1-16-10-7-14(8-11-16)15(17)18-12-9-13-5-3-2-4-6-13/h2-8,10-11,15,17H,9,12H2,1H3/q+1/t15-/m0/s1. The van der Waals surface area contributed by atoms with E-state index >= 15 is 0 Å². The Morgan fingerprint density at radius 1 is 1.11 bits per heavy atom. The Kier molecular flexibility index (Phi) is 4.45. The Hall–Kier alpha value is -1.71. The predicted molar refractivity (Wildman–Crippen MR) is 68.7 cm³/mol. The minimum Gasteiger partial charge on any atom is -0.364 e. The van der Waals surface area contributed by atoms with E-state index in [0.29, 0.717) is 6.61 Å². The molecule has 0 spiro atoms. The van der Waals surface area contributed by atoms with Crippen molar-refractivity contribution in [2.75, 3.05) is 6.61 Å². The Balaban J connectivity index is 1.81. The lowest BCUT2D eigenvalue weighted by Gasteiger charge is -2.11. The maximum Gasteiger partial charge on any atom is 0.181 e. The van der Waals surface area contributed by atoms with E-state index in [9.17, 15) is 5.11 Å². The van der Waals surface area contributed by atoms with E-state index < -0.39 is 6.29 Å². The van der Waals surface area contributed by atoms with Crippen LogP contribution in [0, 0.1) is 0 Å². The van der Waals surface area contributed by atoms with E-state index in [1.807, 2.05) is 54.3 Å². The highest BCUT2D eigenvalue weighted by molar-refractivity contribution is 5.14. The SMILES string of the molecule is C[n+]1ccc([C@@H](O)OCCc2ccccc2)cc1. The average Bonchev–Trinajstić information content (AvgIpc) is 2.40. The molecule has 0 aliphatic heterocycles. The van der Waals surface area contributed by atoms with E-state index in [-0.39, 0.29) is 0 Å². The average molecular weight is 244 g/mol. The minimum absolute atomic E-state index is 0.506. The van der Waals surface area contributed by atoms with Crippen molar-refractivity contribution in [2.45, 2.75) is 12.7 Å². The second-order valence-corrected chi connectivity index (χ2v) is 4.26. The number of aryl methyl sites for hydroxylation is 1. The molecular formula is C15H18NO2+. The molecule has 1 N–H and O–H groups in total. The first kappa shape index (κ1) is 12.7. The Morgan fingerprint density at radius 3 is 2.44 bits per heavy atom. The molecule has 1 heterocycles. The van der Waals surface area contributed by atoms with Crippen LogP contribution in [-0.4, -0.2) is 11.7 Å². The van der Waals surface area contributed by atoms with Crippen molar-refractivity contribution in [3.8, 4) is 0 Å². The van der Waals surface area contributed by atoms with Crippen LogP contribution in [0.2, 0.25) is 0 Å². The smallest absolute Gasteiger partial charge is 0.181 e. The van der Waals surface area contributed by atoms with Gasteiger partial charge in [-0.2, -0.15) is 0 Å². The summed E-state index contributed by atoms with van der Waals surface area (Å²) in [6, 6.07) is 13.8. The number of rotatable bonds is 5. The largest absolute Gasteiger partial charge is 0.364 e. The first-order valence-corrected chi connectivity index (χ1v) is 6.04. The van der Waals surface area contributed by atoms with Gasteiger partial charge in [0.25, 0.3) is 0 Å². The fourth-order valence-corrected chi connectivity index (χ4v) is 1.71. The van der Waals surface area contributed by atoms with Crippen LogP contribution in [0.25, 0.3) is 0 Å². The normalized spacial score (nSPS) is 12.3. The molecule has 2 rings (SSSR count). The Bertz CT molecular complexity index is 468. The van der Waals surface area contributed by atoms with Gasteiger partial charge in [-0.15, -0.1) is 0 Å². The van der Waals surface area contributed by atoms with E-state index in [4.69, 9.17) is 4.74 Å². The molecule has 2 aromatic rings. The van der Waals surface area contributed by atoms with Gasteiger partial charge in [0, 0.05) is 17.7 Å². The predicted octanol–water partition coefficient (Wildman–Crippen LogP) is 1.76. The van der Waals surface area contributed by atoms with Gasteiger partial charge >= 0.3 is 0 Å². The van der Waals surface area contributed by atoms with Crippen LogP contribution in [0.1, 0.15) is 17.4 Å². The molecule has 0 aliphatic rings. The third-order valence-corrected chi connectivity index (χ3v) is 2.80. The number of aromatic nitrogens is 1. The van der Waals surface area contributed by atoms with Crippen molar-refractivity contribution in [3.05, 3.63) is 66.0 Å². The number of aliphatic hydroxyl groups excluding tert-OH is 1. The molecule has 3 nitrogen and oxygen atoms in total. The molecule has 1 atom stereocenters. The lowest BCUT2D eigenvalue weighted by molar-refractivity contribution is -0.671. The number of aliphatic hydroxyl groups is 1. The third kappa shape index (κ3) is 3.65. The minimum atomic E-state index is -0.852. The molecule has 3 heteroatoms. The maximum atomic E-state index is 9.86. The van der Waals surface area contributed by atoms with Crippen molar-refractivity contribution in [2.24, 2.45) is 7.05 Å². The second-order valence-electron chi connectivity index (χ2n) is 4.26. The summed E-state index contributed by atoms with van der Waals surface area (Å²) in [7, 11) is 1.94. The highest BCUT2D eigenvalue weighted by Gasteiger charge is 2.08. The maximum absolute atomic E-state index is 9.86. The van der Waals surface area contributed by atoms with Gasteiger partial charge in [-0.05, 0) is 12.0 Å². The fraction of sp³-hybridized carbons (Fsp3) is 0.267. The van der Waals surface area contributed by atoms with Gasteiger partial charge in [0.05, 0.1) is 6.61 Å². The summed E-state index contributed by atoms with van der Waals surface area (Å²) in [5.41, 5.74) is 1.99. The van der Waals surface area contributed by atoms with Crippen molar-refractivity contribution in [1.82, 2.24) is 0 Å². The zero-order valence-electron chi connectivity index (χ0n) is 10.5. The number of hydrogen-bond donors (Lipinski definition) is 1. The highest BCUT2D eigenvalue weighted by atomic mass is 16.6. The molecule has 0 aliphatic carbocycles. The van der Waals surface area contributed by atoms with Gasteiger partial charge in [-0.3, -0.25) is 0 Å². The molecular weight excluding hydrogens is 226 g/mol. The number of ether oxygens (including phenoxy) is 1. The summed E-state index contributed by atoms with van der Waals surface area (Å²) in [6.45, 7) is 0.506. The molecule has 0 radical (unpaired) electrons. The van der Waals surface area contributed by atoms with Crippen LogP contribution in [-0.2, 0) is 18.2 Å². The summed E-state index contributed by atoms with van der Waals surface area (Å²) in [5, 5.41) is 9.86. The molecule has 0 saturated carbocycles. The molecule has 18 heavy (non-hydrogen) atoms. The summed E-state index contributed by atoms with van der Waals surface area (Å²) >= 11 is 0. The lowest BCUT2D eigenvalue weighted by Crippen LogP contribution is -2.26. The molecule has 0 bridgehead atoms. The van der Waals surface area contributed by atoms with Crippen LogP contribution in [0.3, 0.4) is 0 Å². The van der Waals surface area contributed by atoms with Crippen LogP contribution in [0.15, 0.2) is 54.9 Å². The van der Waals surface area contributed by atoms with Crippen LogP contribution < -0.4 is 4.57 Å². The Labute approximate surface area is 107 Å². The number of hydrogen-bond acceptors (Lipinski definition) is 2. The fourth-order valence-electron chi connectivity index (χ4n) is 1.71. The monoisotopic (exact) mass is 244 g/mol. The molecule has 0 saturated heterocycles. The Morgan fingerprint density at radius 2 is 1.78 bits per heavy atom. The highest BCUT2D eigenvalue weighted by Crippen LogP contribution is 2.12. The summed E-state index contributed by atoms with van der Waals surface area (Å²) in [4.78, 5) is 0. The van der Waals surface area contributed by atoms with Gasteiger partial charge in [-0.1, -0.05) is 30.3 Å². The van der Waals surface area contributed by atoms with E-state index in [2.05, 4.69) is 12.1 Å². The zero-order chi connectivity index (χ0) is 12.8. The van der Waals surface area contributed by atoms with Crippen LogP contribution >= 0.6 is 0 Å². The number of pyridine rings is 1. The van der Waals surface area contributed by atoms with Gasteiger partial charge in [0.2, 0.25) is 0 Å². The van der Waals surface area contributed by atoms with Crippen molar-refractivity contribution in [3.63, 3.8) is 0 Å². The van der Waals surface area contributed by atoms with Crippen LogP contribution in [0.5, 0.6) is 0 Å². The second kappa shape index (κ2) is 6.28. The van der Waals surface area contributed by atoms with Gasteiger partial charge < -0.3 is 9.84 Å². The third-order valence-electron chi connectivity index (χ3n) is 2.80. The van der Waals surface area contributed by atoms with Crippen molar-refractivity contribution < 1.29 is 14.4 Å². The van der Waals surface area contributed by atoms with E-state index in [1.54, 1.807) is 0 Å². The summed E-state index contributed by atoms with van der Waals surface area (Å²) in [5.74, 6) is 0. The number of nitrogens with zero attached hydrogens (tertiary/aromatic N) is 1. The molecule has 94 valence electrons. The molecule has 0 fully saturated rings. The number of benzene rings is 1. The van der Waals surface area contributed by atoms with E-state index in [1.165, 1.54) is 5.56 Å². The quantitative estimate of drug-likeness (QED) is 0.642. The molecule has 1 aromatic heterocycles. The van der Waals surface area contributed by atoms with Gasteiger partial charge in [0.15, 0.2) is 18.7 Å². The van der Waals surface area contributed by atoms with Crippen molar-refractivity contribution >= 4 is 0 Å². The topological polar surface area (TPSA) is 33.3 Å². The first-order valence-electron chi connectivity index (χ1n) is 6.04. The van der Waals surface area contributed by atoms with E-state index in [0.717, 1.165) is 12.0 Å². The zero-order valence-corrected chi connectivity index (χ0v) is 10.5. The molecule has 0 unspecified atom stereocenters. The van der Waals surface area contributed by atoms with Crippen LogP contribution in [0.4, 0.5) is 0 Å². The van der Waals surface area contributed by atoms with Gasteiger partial charge in [-0.25, -0.2) is 4.57 Å². The van der Waals surface area contributed by atoms with Gasteiger partial charge in [0.1, 0.15) is 7.05 Å². The summed E-state index contributed by atoms with van der Waals surface area (Å²) in [6.07, 6.45) is 3.73. The lowest BCUT2D eigenvalue weighted by atomic mass is 10.2. The summed E-state index contributed by atoms with van der Waals surface area (Å²) < 4.78 is 7.33. The van der Waals surface area contributed by atoms with Crippen molar-refractivity contribution in [1.29, 1.82) is 0 Å². The molecule has 0 amide bonds. The molecule has 1 aromatic carbocycles.